The number of pyridine rings is 1. The van der Waals surface area contributed by atoms with Gasteiger partial charge in [0, 0.05) is 28.3 Å². The quantitative estimate of drug-likeness (QED) is 0.768. The van der Waals surface area contributed by atoms with Gasteiger partial charge in [0.05, 0.1) is 10.6 Å². The first-order valence-corrected chi connectivity index (χ1v) is 9.02. The standard InChI is InChI=1S/C13H13Br2N3O2S/c1-8-5-10(14)13(11(15)6-8)18-21(19,20)9-3-4-17-12(7-9)16-2/h3-7,18H,1-2H3,(H,16,17). The van der Waals surface area contributed by atoms with E-state index in [1.165, 1.54) is 18.3 Å². The highest BCUT2D eigenvalue weighted by molar-refractivity contribution is 9.11. The molecule has 0 amide bonds. The topological polar surface area (TPSA) is 71.1 Å². The summed E-state index contributed by atoms with van der Waals surface area (Å²) in [4.78, 5) is 4.14. The number of hydrogen-bond donors (Lipinski definition) is 2. The van der Waals surface area contributed by atoms with Crippen molar-refractivity contribution in [3.63, 3.8) is 0 Å². The lowest BCUT2D eigenvalue weighted by atomic mass is 10.2. The maximum atomic E-state index is 12.5. The average molecular weight is 435 g/mol. The van der Waals surface area contributed by atoms with Crippen LogP contribution in [0.4, 0.5) is 11.5 Å². The molecular formula is C13H13Br2N3O2S. The number of nitrogens with one attached hydrogen (secondary N) is 2. The van der Waals surface area contributed by atoms with Gasteiger partial charge in [-0.1, -0.05) is 0 Å². The Hall–Kier alpha value is -1.12. The molecule has 8 heteroatoms. The van der Waals surface area contributed by atoms with Gasteiger partial charge in [0.1, 0.15) is 5.82 Å². The Morgan fingerprint density at radius 2 is 1.76 bits per heavy atom. The number of rotatable bonds is 4. The molecule has 2 N–H and O–H groups in total. The SMILES string of the molecule is CNc1cc(S(=O)(=O)Nc2c(Br)cc(C)cc2Br)ccn1. The Balaban J connectivity index is 2.42. The Bertz CT molecular complexity index is 756. The molecule has 0 radical (unpaired) electrons. The molecule has 0 unspecified atom stereocenters. The predicted octanol–water partition coefficient (Wildman–Crippen LogP) is 3.76. The van der Waals surface area contributed by atoms with E-state index < -0.39 is 10.0 Å². The second kappa shape index (κ2) is 6.33. The summed E-state index contributed by atoms with van der Waals surface area (Å²) in [5.74, 6) is 0.486. The van der Waals surface area contributed by atoms with Crippen LogP contribution < -0.4 is 10.0 Å². The number of aryl methyl sites for hydroxylation is 1. The third-order valence-corrected chi connectivity index (χ3v) is 5.32. The van der Waals surface area contributed by atoms with Crippen molar-refractivity contribution in [1.82, 2.24) is 4.98 Å². The molecule has 1 aromatic heterocycles. The van der Waals surface area contributed by atoms with Crippen LogP contribution in [0, 0.1) is 6.92 Å². The van der Waals surface area contributed by atoms with Crippen molar-refractivity contribution in [1.29, 1.82) is 0 Å². The minimum absolute atomic E-state index is 0.140. The molecule has 2 aromatic rings. The first-order valence-electron chi connectivity index (χ1n) is 5.96. The van der Waals surface area contributed by atoms with E-state index in [1.54, 1.807) is 7.05 Å². The van der Waals surface area contributed by atoms with Gasteiger partial charge < -0.3 is 5.32 Å². The molecule has 2 rings (SSSR count). The van der Waals surface area contributed by atoms with Gasteiger partial charge in [-0.2, -0.15) is 0 Å². The summed E-state index contributed by atoms with van der Waals surface area (Å²) in [6.45, 7) is 1.93. The van der Waals surface area contributed by atoms with Crippen molar-refractivity contribution < 1.29 is 8.42 Å². The molecule has 21 heavy (non-hydrogen) atoms. The van der Waals surface area contributed by atoms with Gasteiger partial charge >= 0.3 is 0 Å². The van der Waals surface area contributed by atoms with Gasteiger partial charge in [-0.3, -0.25) is 4.72 Å². The van der Waals surface area contributed by atoms with E-state index in [0.29, 0.717) is 20.5 Å². The molecular weight excluding hydrogens is 422 g/mol. The van der Waals surface area contributed by atoms with Crippen molar-refractivity contribution in [3.8, 4) is 0 Å². The van der Waals surface area contributed by atoms with Crippen LogP contribution >= 0.6 is 31.9 Å². The molecule has 0 atom stereocenters. The third-order valence-electron chi connectivity index (χ3n) is 2.72. The molecule has 0 bridgehead atoms. The molecule has 0 aliphatic rings. The smallest absolute Gasteiger partial charge is 0.262 e. The molecule has 1 aromatic carbocycles. The van der Waals surface area contributed by atoms with Crippen LogP contribution in [0.3, 0.4) is 0 Å². The van der Waals surface area contributed by atoms with Crippen LogP contribution in [0.5, 0.6) is 0 Å². The monoisotopic (exact) mass is 433 g/mol. The summed E-state index contributed by atoms with van der Waals surface area (Å²) in [7, 11) is -2.01. The largest absolute Gasteiger partial charge is 0.373 e. The van der Waals surface area contributed by atoms with E-state index in [-0.39, 0.29) is 4.90 Å². The average Bonchev–Trinajstić information content (AvgIpc) is 2.43. The first-order chi connectivity index (χ1) is 9.83. The summed E-state index contributed by atoms with van der Waals surface area (Å²) in [6.07, 6.45) is 1.44. The highest BCUT2D eigenvalue weighted by Gasteiger charge is 2.18. The van der Waals surface area contributed by atoms with Crippen LogP contribution in [0.15, 0.2) is 44.3 Å². The van der Waals surface area contributed by atoms with Gasteiger partial charge in [0.25, 0.3) is 10.0 Å². The second-order valence-electron chi connectivity index (χ2n) is 4.34. The summed E-state index contributed by atoms with van der Waals surface area (Å²) in [5.41, 5.74) is 1.47. The first kappa shape index (κ1) is 16.3. The maximum absolute atomic E-state index is 12.5. The van der Waals surface area contributed by atoms with Crippen LogP contribution in [-0.2, 0) is 10.0 Å². The van der Waals surface area contributed by atoms with Crippen molar-refractivity contribution in [2.75, 3.05) is 17.1 Å². The molecule has 112 valence electrons. The number of nitrogens with zero attached hydrogens (tertiary/aromatic N) is 1. The van der Waals surface area contributed by atoms with Gasteiger partial charge in [-0.05, 0) is 62.5 Å². The number of hydrogen-bond acceptors (Lipinski definition) is 4. The van der Waals surface area contributed by atoms with Gasteiger partial charge in [0.2, 0.25) is 0 Å². The number of benzene rings is 1. The Kier molecular flexibility index (Phi) is 4.90. The highest BCUT2D eigenvalue weighted by atomic mass is 79.9. The third kappa shape index (κ3) is 3.75. The summed E-state index contributed by atoms with van der Waals surface area (Å²) >= 11 is 6.74. The molecule has 0 saturated carbocycles. The molecule has 0 saturated heterocycles. The zero-order valence-electron chi connectivity index (χ0n) is 11.3. The molecule has 5 nitrogen and oxygen atoms in total. The lowest BCUT2D eigenvalue weighted by Crippen LogP contribution is -2.14. The van der Waals surface area contributed by atoms with Crippen molar-refractivity contribution in [2.45, 2.75) is 11.8 Å². The second-order valence-corrected chi connectivity index (χ2v) is 7.73. The molecule has 0 aliphatic heterocycles. The minimum Gasteiger partial charge on any atom is -0.373 e. The van der Waals surface area contributed by atoms with E-state index in [4.69, 9.17) is 0 Å². The number of halogens is 2. The summed E-state index contributed by atoms with van der Waals surface area (Å²) in [6, 6.07) is 6.60. The van der Waals surface area contributed by atoms with E-state index in [0.717, 1.165) is 5.56 Å². The highest BCUT2D eigenvalue weighted by Crippen LogP contribution is 2.34. The zero-order chi connectivity index (χ0) is 15.6. The summed E-state index contributed by atoms with van der Waals surface area (Å²) < 4.78 is 28.8. The van der Waals surface area contributed by atoms with E-state index in [9.17, 15) is 8.42 Å². The fraction of sp³-hybridized carbons (Fsp3) is 0.154. The van der Waals surface area contributed by atoms with Crippen LogP contribution in [0.25, 0.3) is 0 Å². The minimum atomic E-state index is -3.69. The molecule has 1 heterocycles. The Morgan fingerprint density at radius 1 is 1.14 bits per heavy atom. The van der Waals surface area contributed by atoms with E-state index in [2.05, 4.69) is 46.9 Å². The normalized spacial score (nSPS) is 11.2. The van der Waals surface area contributed by atoms with Crippen molar-refractivity contribution in [3.05, 3.63) is 45.0 Å². The maximum Gasteiger partial charge on any atom is 0.262 e. The van der Waals surface area contributed by atoms with Gasteiger partial charge in [-0.25, -0.2) is 13.4 Å². The Labute approximate surface area is 140 Å². The van der Waals surface area contributed by atoms with E-state index >= 15 is 0 Å². The van der Waals surface area contributed by atoms with Crippen molar-refractivity contribution >= 4 is 53.4 Å². The number of anilines is 2. The molecule has 0 spiro atoms. The zero-order valence-corrected chi connectivity index (χ0v) is 15.3. The van der Waals surface area contributed by atoms with E-state index in [1.807, 2.05) is 19.1 Å². The van der Waals surface area contributed by atoms with Gasteiger partial charge in [-0.15, -0.1) is 0 Å². The fourth-order valence-electron chi connectivity index (χ4n) is 1.71. The Morgan fingerprint density at radius 3 is 2.33 bits per heavy atom. The summed E-state index contributed by atoms with van der Waals surface area (Å²) in [5, 5.41) is 2.81. The fourth-order valence-corrected chi connectivity index (χ4v) is 4.70. The van der Waals surface area contributed by atoms with Crippen LogP contribution in [-0.4, -0.2) is 20.4 Å². The van der Waals surface area contributed by atoms with Crippen LogP contribution in [0.2, 0.25) is 0 Å². The van der Waals surface area contributed by atoms with Crippen molar-refractivity contribution in [2.24, 2.45) is 0 Å². The van der Waals surface area contributed by atoms with Gasteiger partial charge in [0.15, 0.2) is 0 Å². The number of sulfonamides is 1. The molecule has 0 fully saturated rings. The number of aromatic nitrogens is 1. The predicted molar refractivity (Wildman–Crippen MR) is 91.2 cm³/mol. The lowest BCUT2D eigenvalue weighted by molar-refractivity contribution is 0.601. The molecule has 0 aliphatic carbocycles. The lowest BCUT2D eigenvalue weighted by Gasteiger charge is -2.13. The van der Waals surface area contributed by atoms with Crippen LogP contribution in [0.1, 0.15) is 5.56 Å².